The molecule has 2 heterocycles. The molecule has 1 amide bonds. The minimum absolute atomic E-state index is 0.108. The summed E-state index contributed by atoms with van der Waals surface area (Å²) >= 11 is 0. The van der Waals surface area contributed by atoms with Crippen LogP contribution in [0.3, 0.4) is 0 Å². The van der Waals surface area contributed by atoms with Gasteiger partial charge in [-0.25, -0.2) is 4.98 Å². The second-order valence-corrected chi connectivity index (χ2v) is 7.38. The number of carbonyl (C=O) groups is 1. The zero-order valence-electron chi connectivity index (χ0n) is 17.2. The molecule has 0 aliphatic carbocycles. The lowest BCUT2D eigenvalue weighted by molar-refractivity contribution is 0.102. The first-order valence-corrected chi connectivity index (χ1v) is 10.1. The van der Waals surface area contributed by atoms with Gasteiger partial charge in [-0.1, -0.05) is 42.5 Å². The van der Waals surface area contributed by atoms with Crippen molar-refractivity contribution in [1.82, 2.24) is 9.56 Å². The molecular weight excluding hydrogens is 406 g/mol. The van der Waals surface area contributed by atoms with Crippen molar-refractivity contribution in [3.8, 4) is 5.75 Å². The van der Waals surface area contributed by atoms with Gasteiger partial charge in [0.25, 0.3) is 11.5 Å². The van der Waals surface area contributed by atoms with E-state index in [9.17, 15) is 9.59 Å². The van der Waals surface area contributed by atoms with Crippen LogP contribution in [0.15, 0.2) is 88.2 Å². The van der Waals surface area contributed by atoms with Gasteiger partial charge in [0, 0.05) is 29.4 Å². The van der Waals surface area contributed by atoms with E-state index in [1.165, 1.54) is 6.07 Å². The van der Waals surface area contributed by atoms with Gasteiger partial charge in [0.2, 0.25) is 0 Å². The highest BCUT2D eigenvalue weighted by Crippen LogP contribution is 2.22. The third-order valence-corrected chi connectivity index (χ3v) is 5.04. The average molecular weight is 425 g/mol. The Bertz CT molecular complexity index is 1510. The summed E-state index contributed by atoms with van der Waals surface area (Å²) in [4.78, 5) is 29.4. The SMILES string of the molecule is Cc1cc2nc(COc3cccc(NC(=O)c4cccc5ccccc45)c3)cc(=O)n2o1. The molecule has 1 N–H and O–H groups in total. The number of benzene rings is 3. The van der Waals surface area contributed by atoms with E-state index < -0.39 is 0 Å². The zero-order valence-corrected chi connectivity index (χ0v) is 17.2. The van der Waals surface area contributed by atoms with Crippen molar-refractivity contribution in [3.63, 3.8) is 0 Å². The number of nitrogens with zero attached hydrogens (tertiary/aromatic N) is 2. The minimum atomic E-state index is -0.308. The smallest absolute Gasteiger partial charge is 0.287 e. The van der Waals surface area contributed by atoms with Crippen LogP contribution in [0.1, 0.15) is 21.8 Å². The number of nitrogens with one attached hydrogen (secondary N) is 1. The number of rotatable bonds is 5. The van der Waals surface area contributed by atoms with Crippen LogP contribution in [0.25, 0.3) is 16.4 Å². The maximum Gasteiger partial charge on any atom is 0.287 e. The van der Waals surface area contributed by atoms with Gasteiger partial charge in [-0.05, 0) is 35.9 Å². The number of carbonyl (C=O) groups excluding carboxylic acids is 1. The highest BCUT2D eigenvalue weighted by Gasteiger charge is 2.11. The molecule has 3 aromatic carbocycles. The van der Waals surface area contributed by atoms with Crippen molar-refractivity contribution in [1.29, 1.82) is 0 Å². The Hall–Kier alpha value is -4.39. The van der Waals surface area contributed by atoms with E-state index >= 15 is 0 Å². The van der Waals surface area contributed by atoms with E-state index in [1.807, 2.05) is 36.4 Å². The second-order valence-electron chi connectivity index (χ2n) is 7.38. The van der Waals surface area contributed by atoms with Crippen molar-refractivity contribution in [2.75, 3.05) is 5.32 Å². The van der Waals surface area contributed by atoms with Crippen LogP contribution in [0.2, 0.25) is 0 Å². The predicted molar refractivity (Wildman–Crippen MR) is 121 cm³/mol. The number of hydrogen-bond donors (Lipinski definition) is 1. The summed E-state index contributed by atoms with van der Waals surface area (Å²) in [5.41, 5.74) is 1.82. The van der Waals surface area contributed by atoms with Gasteiger partial charge < -0.3 is 14.6 Å². The van der Waals surface area contributed by atoms with Crippen molar-refractivity contribution in [2.24, 2.45) is 0 Å². The highest BCUT2D eigenvalue weighted by molar-refractivity contribution is 6.12. The molecule has 0 unspecified atom stereocenters. The van der Waals surface area contributed by atoms with Gasteiger partial charge in [-0.15, -0.1) is 4.57 Å². The molecule has 32 heavy (non-hydrogen) atoms. The molecular formula is C25H19N3O4. The first-order valence-electron chi connectivity index (χ1n) is 10.1. The monoisotopic (exact) mass is 425 g/mol. The number of aromatic nitrogens is 2. The van der Waals surface area contributed by atoms with Crippen LogP contribution in [-0.2, 0) is 6.61 Å². The van der Waals surface area contributed by atoms with Crippen LogP contribution in [-0.4, -0.2) is 15.5 Å². The number of anilines is 1. The molecule has 0 aliphatic heterocycles. The summed E-state index contributed by atoms with van der Waals surface area (Å²) in [6, 6.07) is 23.6. The largest absolute Gasteiger partial charge is 0.487 e. The Morgan fingerprint density at radius 3 is 2.75 bits per heavy atom. The van der Waals surface area contributed by atoms with E-state index in [1.54, 1.807) is 43.3 Å². The number of fused-ring (bicyclic) bond motifs is 2. The van der Waals surface area contributed by atoms with Crippen molar-refractivity contribution < 1.29 is 14.1 Å². The predicted octanol–water partition coefficient (Wildman–Crippen LogP) is 4.58. The Kier molecular flexibility index (Phi) is 4.91. The van der Waals surface area contributed by atoms with Gasteiger partial charge in [-0.3, -0.25) is 9.59 Å². The molecule has 0 spiro atoms. The number of hydrogen-bond acceptors (Lipinski definition) is 5. The van der Waals surface area contributed by atoms with Crippen molar-refractivity contribution in [3.05, 3.63) is 106 Å². The van der Waals surface area contributed by atoms with Crippen LogP contribution >= 0.6 is 0 Å². The van der Waals surface area contributed by atoms with E-state index in [0.29, 0.717) is 34.1 Å². The van der Waals surface area contributed by atoms with Gasteiger partial charge in [0.05, 0.1) is 5.69 Å². The molecule has 2 aromatic heterocycles. The Labute approximate surface area is 182 Å². The molecule has 0 bridgehead atoms. The molecule has 0 aliphatic rings. The lowest BCUT2D eigenvalue weighted by Gasteiger charge is -2.10. The number of ether oxygens (including phenoxy) is 1. The van der Waals surface area contributed by atoms with Crippen LogP contribution in [0.4, 0.5) is 5.69 Å². The lowest BCUT2D eigenvalue weighted by atomic mass is 10.0. The second kappa shape index (κ2) is 8.03. The van der Waals surface area contributed by atoms with Gasteiger partial charge in [-0.2, -0.15) is 0 Å². The molecule has 0 atom stereocenters. The minimum Gasteiger partial charge on any atom is -0.487 e. The molecule has 5 aromatic rings. The van der Waals surface area contributed by atoms with E-state index in [4.69, 9.17) is 9.26 Å². The molecule has 0 radical (unpaired) electrons. The Balaban J connectivity index is 1.32. The van der Waals surface area contributed by atoms with E-state index in [-0.39, 0.29) is 18.1 Å². The van der Waals surface area contributed by atoms with Crippen LogP contribution in [0.5, 0.6) is 5.75 Å². The normalized spacial score (nSPS) is 11.0. The number of aryl methyl sites for hydroxylation is 1. The number of amides is 1. The average Bonchev–Trinajstić information content (AvgIpc) is 3.18. The van der Waals surface area contributed by atoms with Gasteiger partial charge in [0.1, 0.15) is 18.1 Å². The van der Waals surface area contributed by atoms with Gasteiger partial charge >= 0.3 is 0 Å². The summed E-state index contributed by atoms with van der Waals surface area (Å²) in [5, 5.41) is 4.82. The maximum absolute atomic E-state index is 12.9. The van der Waals surface area contributed by atoms with Crippen molar-refractivity contribution >= 4 is 28.0 Å². The summed E-state index contributed by atoms with van der Waals surface area (Å²) in [7, 11) is 0. The quantitative estimate of drug-likeness (QED) is 0.445. The van der Waals surface area contributed by atoms with Crippen LogP contribution < -0.4 is 15.6 Å². The molecule has 0 fully saturated rings. The summed E-state index contributed by atoms with van der Waals surface area (Å²) in [6.45, 7) is 1.86. The first-order chi connectivity index (χ1) is 15.6. The van der Waals surface area contributed by atoms with E-state index in [0.717, 1.165) is 15.3 Å². The maximum atomic E-state index is 12.9. The first kappa shape index (κ1) is 19.6. The zero-order chi connectivity index (χ0) is 22.1. The molecule has 0 saturated carbocycles. The standard InChI is InChI=1S/C25H19N3O4/c1-16-12-23-26-19(14-24(29)28(23)32-16)15-31-20-9-5-8-18(13-20)27-25(30)22-11-4-7-17-6-2-3-10-21(17)22/h2-14H,15H2,1H3,(H,27,30). The summed E-state index contributed by atoms with van der Waals surface area (Å²) < 4.78 is 12.2. The Morgan fingerprint density at radius 2 is 1.84 bits per heavy atom. The molecule has 7 nitrogen and oxygen atoms in total. The van der Waals surface area contributed by atoms with E-state index in [2.05, 4.69) is 10.3 Å². The Morgan fingerprint density at radius 1 is 1.03 bits per heavy atom. The summed E-state index contributed by atoms with van der Waals surface area (Å²) in [6.07, 6.45) is 0. The van der Waals surface area contributed by atoms with Crippen molar-refractivity contribution in [2.45, 2.75) is 13.5 Å². The lowest BCUT2D eigenvalue weighted by Crippen LogP contribution is -2.14. The fraction of sp³-hybridized carbons (Fsp3) is 0.0800. The molecule has 5 rings (SSSR count). The summed E-state index contributed by atoms with van der Waals surface area (Å²) in [5.74, 6) is 0.947. The topological polar surface area (TPSA) is 85.8 Å². The third kappa shape index (κ3) is 3.83. The molecule has 7 heteroatoms. The fourth-order valence-electron chi connectivity index (χ4n) is 3.59. The highest BCUT2D eigenvalue weighted by atomic mass is 16.5. The molecule has 158 valence electrons. The molecule has 0 saturated heterocycles. The van der Waals surface area contributed by atoms with Crippen LogP contribution in [0, 0.1) is 6.92 Å². The third-order valence-electron chi connectivity index (χ3n) is 5.04. The fourth-order valence-corrected chi connectivity index (χ4v) is 3.59. The van der Waals surface area contributed by atoms with Gasteiger partial charge in [0.15, 0.2) is 5.65 Å².